The van der Waals surface area contributed by atoms with Crippen LogP contribution in [0.2, 0.25) is 0 Å². The molecule has 0 spiro atoms. The highest BCUT2D eigenvalue weighted by molar-refractivity contribution is 6.29. The summed E-state index contributed by atoms with van der Waals surface area (Å²) in [6.45, 7) is 11.3. The van der Waals surface area contributed by atoms with Crippen LogP contribution in [0.4, 0.5) is 4.79 Å². The summed E-state index contributed by atoms with van der Waals surface area (Å²) < 4.78 is 64.8. The summed E-state index contributed by atoms with van der Waals surface area (Å²) >= 11 is 0. The number of hydrogen-bond acceptors (Lipinski definition) is 23. The molecule has 7 aliphatic rings. The van der Waals surface area contributed by atoms with Crippen LogP contribution in [0.5, 0.6) is 5.75 Å². The number of carbonyl (C=O) groups is 5. The van der Waals surface area contributed by atoms with Gasteiger partial charge in [0.25, 0.3) is 0 Å². The molecule has 24 nitrogen and oxygen atoms in total. The van der Waals surface area contributed by atoms with Gasteiger partial charge in [-0.25, -0.2) is 4.79 Å². The lowest BCUT2D eigenvalue weighted by Crippen LogP contribution is -2.80. The van der Waals surface area contributed by atoms with Crippen molar-refractivity contribution in [3.8, 4) is 5.75 Å². The van der Waals surface area contributed by atoms with E-state index >= 15 is 9.59 Å². The lowest BCUT2D eigenvalue weighted by atomic mass is 9.54. The number of aromatic hydroxyl groups is 1. The third-order valence-electron chi connectivity index (χ3n) is 15.4. The Labute approximate surface area is 425 Å². The van der Waals surface area contributed by atoms with E-state index in [1.807, 2.05) is 0 Å². The molecule has 1 aromatic carbocycles. The van der Waals surface area contributed by atoms with E-state index in [0.717, 1.165) is 19.9 Å². The van der Waals surface area contributed by atoms with E-state index in [-0.39, 0.29) is 30.4 Å². The Kier molecular flexibility index (Phi) is 15.7. The molecule has 0 aromatic heterocycles. The van der Waals surface area contributed by atoms with Crippen molar-refractivity contribution in [1.82, 2.24) is 0 Å². The molecule has 74 heavy (non-hydrogen) atoms. The number of ketones is 2. The van der Waals surface area contributed by atoms with Gasteiger partial charge in [0.15, 0.2) is 60.0 Å². The van der Waals surface area contributed by atoms with Crippen molar-refractivity contribution >= 4 is 29.6 Å². The second kappa shape index (κ2) is 20.8. The molecule has 410 valence electrons. The van der Waals surface area contributed by atoms with Crippen molar-refractivity contribution in [2.45, 2.75) is 215 Å². The molecule has 4 aliphatic heterocycles. The maximum Gasteiger partial charge on any atom is 0.404 e. The SMILES string of the molecule is CO[C@@H]1CC(O[C@H]2C=C(C)[C@@H](OC(C)=O)[C@]3(O)[C@@H](OC(C)=O)[C@@H](O)C4=C(C(=O)c5ccc([C@@H]6C[C@@H](O[C@H]7C[C@](C)(O)[C@H](O[C@H]8CC[C@H](O)[C@@H](C)O8)[C@@H](C)O7)[C@H](O)[C@@H](C)O6)c(O)c5C4=O)[C@]23O)O[C@@H](C)[C@H]1OC(N)=O. The van der Waals surface area contributed by atoms with Crippen molar-refractivity contribution in [3.05, 3.63) is 51.6 Å². The van der Waals surface area contributed by atoms with Crippen LogP contribution in [0, 0.1) is 0 Å². The van der Waals surface area contributed by atoms with Gasteiger partial charge in [0.2, 0.25) is 0 Å². The van der Waals surface area contributed by atoms with Crippen molar-refractivity contribution < 1.29 is 112 Å². The number of nitrogens with two attached hydrogens (primary N) is 1. The normalized spacial score (nSPS) is 43.3. The topological polar surface area (TPSA) is 355 Å². The lowest BCUT2D eigenvalue weighted by Gasteiger charge is -2.59. The first-order valence-corrected chi connectivity index (χ1v) is 24.6. The fourth-order valence-corrected chi connectivity index (χ4v) is 11.8. The number of Topliss-reactive ketones (excluding diaryl/α,β-unsaturated/α-hetero) is 2. The van der Waals surface area contributed by atoms with Gasteiger partial charge in [-0.15, -0.1) is 0 Å². The summed E-state index contributed by atoms with van der Waals surface area (Å²) in [6.07, 6.45) is -21.7. The molecule has 3 aliphatic carbocycles. The van der Waals surface area contributed by atoms with E-state index in [1.165, 1.54) is 33.1 Å². The average Bonchev–Trinajstić information content (AvgIpc) is 3.30. The molecule has 1 amide bonds. The minimum absolute atomic E-state index is 0.0194. The quantitative estimate of drug-likeness (QED) is 0.0849. The van der Waals surface area contributed by atoms with Gasteiger partial charge in [0.05, 0.1) is 53.9 Å². The Morgan fingerprint density at radius 2 is 1.42 bits per heavy atom. The average molecular weight is 1050 g/mol. The van der Waals surface area contributed by atoms with E-state index in [0.29, 0.717) is 12.8 Å². The number of fused-ring (bicyclic) bond motifs is 3. The number of amides is 1. The summed E-state index contributed by atoms with van der Waals surface area (Å²) in [4.78, 5) is 67.7. The van der Waals surface area contributed by atoms with E-state index in [4.69, 9.17) is 57.8 Å². The highest BCUT2D eigenvalue weighted by Crippen LogP contribution is 2.56. The minimum atomic E-state index is -3.26. The van der Waals surface area contributed by atoms with Crippen molar-refractivity contribution in [2.75, 3.05) is 7.11 Å². The van der Waals surface area contributed by atoms with Crippen LogP contribution in [-0.2, 0) is 61.7 Å². The highest BCUT2D eigenvalue weighted by Gasteiger charge is 2.76. The summed E-state index contributed by atoms with van der Waals surface area (Å²) in [5, 5.41) is 84.1. The predicted molar refractivity (Wildman–Crippen MR) is 246 cm³/mol. The number of benzene rings is 1. The van der Waals surface area contributed by atoms with Crippen LogP contribution in [0.3, 0.4) is 0 Å². The molecule has 21 atom stereocenters. The number of primary amides is 1. The maximum absolute atomic E-state index is 15.2. The standard InChI is InChI=1S/C50H67NO23/c1-18-14-31(72-33-16-30(64-9)43(21(4)67-33)74-47(51)60)49(62)37-36(42(59)46(70-24(7)53)50(49,63)44(18)69-23(6)52)41(58)35-26(40(37)57)11-10-25(39(35)56)28-15-29(38(55)20(3)65-28)71-34-17-48(8,61)45(22(5)68-34)73-32-13-12-27(54)19(2)66-32/h10-11,14,19-22,27-34,38,42-46,54-56,59,61-63H,12-13,15-17H2,1-9H3,(H2,51,60)/t19-,20-,21+,22-,27+,28+,29-,30-,31+,32+,33?,34+,38-,42+,43-,44-,45-,46+,48+,49-,50+/m1/s1. The first-order valence-electron chi connectivity index (χ1n) is 24.6. The molecule has 0 radical (unpaired) electrons. The first-order chi connectivity index (χ1) is 34.6. The molecule has 1 unspecified atom stereocenters. The number of phenols is 1. The number of rotatable bonds is 11. The molecule has 9 N–H and O–H groups in total. The Morgan fingerprint density at radius 3 is 2.04 bits per heavy atom. The number of carbonyl (C=O) groups excluding carboxylic acids is 5. The first kappa shape index (κ1) is 55.7. The molecular formula is C50H67NO23. The number of phenolic OH excluding ortho intramolecular Hbond substituents is 1. The van der Waals surface area contributed by atoms with Crippen LogP contribution in [0.25, 0.3) is 0 Å². The largest absolute Gasteiger partial charge is 0.507 e. The van der Waals surface area contributed by atoms with Crippen LogP contribution in [-0.4, -0.2) is 194 Å². The number of hydrogen-bond donors (Lipinski definition) is 8. The Hall–Kier alpha value is -4.51. The highest BCUT2D eigenvalue weighted by atomic mass is 16.7. The fourth-order valence-electron chi connectivity index (χ4n) is 11.8. The zero-order chi connectivity index (χ0) is 54.3. The van der Waals surface area contributed by atoms with Gasteiger partial charge >= 0.3 is 18.0 Å². The predicted octanol–water partition coefficient (Wildman–Crippen LogP) is 0.480. The van der Waals surface area contributed by atoms with Crippen molar-refractivity contribution in [1.29, 1.82) is 0 Å². The number of aliphatic hydroxyl groups is 6. The summed E-state index contributed by atoms with van der Waals surface area (Å²) in [5.41, 5.74) is -5.83. The minimum Gasteiger partial charge on any atom is -0.507 e. The molecule has 24 heteroatoms. The molecule has 0 bridgehead atoms. The van der Waals surface area contributed by atoms with Gasteiger partial charge < -0.3 is 93.6 Å². The van der Waals surface area contributed by atoms with E-state index < -0.39 is 185 Å². The Morgan fingerprint density at radius 1 is 0.757 bits per heavy atom. The van der Waals surface area contributed by atoms with E-state index in [1.54, 1.807) is 27.7 Å². The van der Waals surface area contributed by atoms with Crippen molar-refractivity contribution in [2.24, 2.45) is 5.73 Å². The third kappa shape index (κ3) is 9.69. The second-order valence-corrected chi connectivity index (χ2v) is 20.6. The van der Waals surface area contributed by atoms with Crippen LogP contribution in [0.15, 0.2) is 34.9 Å². The van der Waals surface area contributed by atoms with Gasteiger partial charge in [-0.05, 0) is 65.7 Å². The van der Waals surface area contributed by atoms with Gasteiger partial charge in [-0.2, -0.15) is 0 Å². The lowest BCUT2D eigenvalue weighted by molar-refractivity contribution is -0.336. The molecular weight excluding hydrogens is 983 g/mol. The maximum atomic E-state index is 15.2. The smallest absolute Gasteiger partial charge is 0.404 e. The monoisotopic (exact) mass is 1050 g/mol. The molecule has 4 heterocycles. The molecule has 4 saturated heterocycles. The number of aliphatic hydroxyl groups excluding tert-OH is 3. The van der Waals surface area contributed by atoms with E-state index in [2.05, 4.69) is 0 Å². The van der Waals surface area contributed by atoms with Gasteiger partial charge in [0, 0.05) is 68.9 Å². The van der Waals surface area contributed by atoms with Crippen LogP contribution in [0.1, 0.15) is 120 Å². The summed E-state index contributed by atoms with van der Waals surface area (Å²) in [5.74, 6) is -5.41. The van der Waals surface area contributed by atoms with Gasteiger partial charge in [0.1, 0.15) is 36.3 Å². The second-order valence-electron chi connectivity index (χ2n) is 20.6. The van der Waals surface area contributed by atoms with Gasteiger partial charge in [-0.3, -0.25) is 19.2 Å². The third-order valence-corrected chi connectivity index (χ3v) is 15.4. The number of esters is 2. The number of ether oxygens (including phenoxy) is 11. The summed E-state index contributed by atoms with van der Waals surface area (Å²) in [7, 11) is 1.32. The molecule has 8 rings (SSSR count). The number of methoxy groups -OCH3 is 1. The van der Waals surface area contributed by atoms with Crippen molar-refractivity contribution in [3.63, 3.8) is 0 Å². The fraction of sp³-hybridized carbons (Fsp3) is 0.700. The van der Waals surface area contributed by atoms with Gasteiger partial charge in [-0.1, -0.05) is 6.07 Å². The molecule has 1 aromatic rings. The zero-order valence-corrected chi connectivity index (χ0v) is 42.4. The zero-order valence-electron chi connectivity index (χ0n) is 42.4. The molecule has 4 fully saturated rings. The Balaban J connectivity index is 1.13. The van der Waals surface area contributed by atoms with Crippen LogP contribution >= 0.6 is 0 Å². The van der Waals surface area contributed by atoms with E-state index in [9.17, 15) is 50.1 Å². The molecule has 0 saturated carbocycles. The van der Waals surface area contributed by atoms with Crippen LogP contribution < -0.4 is 5.73 Å². The summed E-state index contributed by atoms with van der Waals surface area (Å²) in [6, 6.07) is 2.44. The Bertz CT molecular complexity index is 2440.